The Hall–Kier alpha value is -4.70. The maximum atomic E-state index is 12.0. The van der Waals surface area contributed by atoms with Gasteiger partial charge in [0, 0.05) is 69.3 Å². The molecule has 0 aliphatic carbocycles. The van der Waals surface area contributed by atoms with Crippen molar-refractivity contribution in [2.24, 2.45) is 15.9 Å². The molecule has 0 atom stereocenters. The van der Waals surface area contributed by atoms with E-state index in [1.807, 2.05) is 0 Å². The van der Waals surface area contributed by atoms with Crippen molar-refractivity contribution in [3.8, 4) is 11.5 Å². The molecular formula is C38H62N8O12. The Morgan fingerprint density at radius 1 is 0.759 bits per heavy atom. The van der Waals surface area contributed by atoms with E-state index in [9.17, 15) is 29.4 Å². The number of phenols is 2. The molecule has 1 aliphatic heterocycles. The van der Waals surface area contributed by atoms with Crippen LogP contribution < -0.4 is 21.8 Å². The van der Waals surface area contributed by atoms with Gasteiger partial charge in [0.25, 0.3) is 11.8 Å². The number of carbonyl (C=O) groups is 4. The molecule has 1 aliphatic rings. The number of anilines is 1. The molecule has 0 saturated carbocycles. The number of ether oxygens (including phenoxy) is 6. The van der Waals surface area contributed by atoms with Crippen LogP contribution in [-0.2, 0) is 42.8 Å². The lowest BCUT2D eigenvalue weighted by Crippen LogP contribution is -2.38. The number of nitrogens with two attached hydrogens (primary N) is 1. The van der Waals surface area contributed by atoms with Gasteiger partial charge in [0.15, 0.2) is 11.5 Å². The molecule has 1 aromatic carbocycles. The molecule has 0 unspecified atom stereocenters. The van der Waals surface area contributed by atoms with E-state index in [0.717, 1.165) is 31.0 Å². The average Bonchev–Trinajstić information content (AvgIpc) is 3.53. The monoisotopic (exact) mass is 822 g/mol. The number of carbonyl (C=O) groups excluding carboxylic acids is 4. The standard InChI is InChI=1S/C38H62N8O12/c1-2-45(15-19-55-23-27-57-25-21-53-17-10-35(49)41-12-14-46-36(50)8-9-37(46)51)16-20-56-24-28-58-26-22-54-18-13-40-30-32(44-39)5-3-4-11-42-38(52)43-31-6-7-33(47)34(48)29-31/h6-9,29-30,47-48H,2-5,10-28,39H2,1H3,(H,41,49)(H2,42,43,52)/b40-30?,44-32-. The Bertz CT molecular complexity index is 1410. The van der Waals surface area contributed by atoms with Gasteiger partial charge in [0.2, 0.25) is 5.91 Å². The number of aliphatic imine (C=N–C) groups is 1. The molecule has 1 heterocycles. The lowest BCUT2D eigenvalue weighted by Gasteiger charge is -2.20. The van der Waals surface area contributed by atoms with Gasteiger partial charge in [-0.2, -0.15) is 5.10 Å². The summed E-state index contributed by atoms with van der Waals surface area (Å²) in [6.07, 6.45) is 6.28. The van der Waals surface area contributed by atoms with Crippen molar-refractivity contribution in [1.29, 1.82) is 0 Å². The number of rotatable bonds is 35. The minimum absolute atomic E-state index is 0.139. The fraction of sp³-hybridized carbons (Fsp3) is 0.632. The molecule has 0 bridgehead atoms. The Balaban J connectivity index is 1.30. The SMILES string of the molecule is CCN(CCOCCOCCOCCN=C/C(CCCCNC(=O)Nc1ccc(O)c(O)c1)=N\N)CCOCCOCCOCCC(=O)NCCN1C(=O)C=CC1=O. The van der Waals surface area contributed by atoms with Crippen molar-refractivity contribution in [3.63, 3.8) is 0 Å². The summed E-state index contributed by atoms with van der Waals surface area (Å²) >= 11 is 0. The van der Waals surface area contributed by atoms with E-state index >= 15 is 0 Å². The molecule has 326 valence electrons. The van der Waals surface area contributed by atoms with E-state index in [4.69, 9.17) is 34.3 Å². The van der Waals surface area contributed by atoms with E-state index in [0.29, 0.717) is 110 Å². The van der Waals surface area contributed by atoms with Gasteiger partial charge in [-0.25, -0.2) is 4.79 Å². The second-order valence-corrected chi connectivity index (χ2v) is 12.6. The quantitative estimate of drug-likeness (QED) is 0.0104. The van der Waals surface area contributed by atoms with Crippen molar-refractivity contribution in [2.75, 3.05) is 130 Å². The highest BCUT2D eigenvalue weighted by atomic mass is 16.5. The van der Waals surface area contributed by atoms with Gasteiger partial charge in [-0.05, 0) is 37.9 Å². The van der Waals surface area contributed by atoms with E-state index < -0.39 is 6.03 Å². The van der Waals surface area contributed by atoms with Crippen LogP contribution in [0, 0.1) is 0 Å². The summed E-state index contributed by atoms with van der Waals surface area (Å²) in [6, 6.07) is 3.61. The molecule has 7 N–H and O–H groups in total. The van der Waals surface area contributed by atoms with Crippen LogP contribution in [0.25, 0.3) is 0 Å². The minimum Gasteiger partial charge on any atom is -0.504 e. The van der Waals surface area contributed by atoms with Crippen LogP contribution >= 0.6 is 0 Å². The van der Waals surface area contributed by atoms with Crippen molar-refractivity contribution < 1.29 is 57.8 Å². The number of benzene rings is 1. The zero-order valence-electron chi connectivity index (χ0n) is 33.6. The number of urea groups is 1. The van der Waals surface area contributed by atoms with Crippen LogP contribution in [0.1, 0.15) is 32.6 Å². The van der Waals surface area contributed by atoms with Gasteiger partial charge < -0.3 is 60.4 Å². The molecule has 0 fully saturated rings. The zero-order valence-corrected chi connectivity index (χ0v) is 33.6. The molecule has 2 rings (SSSR count). The van der Waals surface area contributed by atoms with Crippen LogP contribution in [0.2, 0.25) is 0 Å². The third-order valence-electron chi connectivity index (χ3n) is 8.22. The van der Waals surface area contributed by atoms with E-state index in [1.165, 1.54) is 30.4 Å². The number of amides is 5. The average molecular weight is 823 g/mol. The predicted octanol–water partition coefficient (Wildman–Crippen LogP) is 0.628. The normalized spacial score (nSPS) is 13.0. The largest absolute Gasteiger partial charge is 0.504 e. The van der Waals surface area contributed by atoms with E-state index in [-0.39, 0.29) is 55.3 Å². The molecule has 0 radical (unpaired) electrons. The fourth-order valence-corrected chi connectivity index (χ4v) is 4.97. The summed E-state index contributed by atoms with van der Waals surface area (Å²) in [5, 5.41) is 30.6. The summed E-state index contributed by atoms with van der Waals surface area (Å²) in [6.45, 7) is 11.1. The van der Waals surface area contributed by atoms with Crippen LogP contribution in [0.15, 0.2) is 40.4 Å². The number of nitrogens with one attached hydrogen (secondary N) is 3. The number of hydrazone groups is 1. The number of aromatic hydroxyl groups is 2. The molecular weight excluding hydrogens is 760 g/mol. The summed E-state index contributed by atoms with van der Waals surface area (Å²) in [5.41, 5.74) is 1.01. The number of nitrogens with zero attached hydrogens (tertiary/aromatic N) is 4. The third kappa shape index (κ3) is 24.2. The summed E-state index contributed by atoms with van der Waals surface area (Å²) < 4.78 is 33.4. The van der Waals surface area contributed by atoms with Crippen molar-refractivity contribution in [1.82, 2.24) is 20.4 Å². The van der Waals surface area contributed by atoms with Crippen LogP contribution in [0.3, 0.4) is 0 Å². The van der Waals surface area contributed by atoms with Crippen molar-refractivity contribution >= 4 is 41.4 Å². The first-order chi connectivity index (χ1) is 28.2. The maximum Gasteiger partial charge on any atom is 0.319 e. The van der Waals surface area contributed by atoms with Crippen molar-refractivity contribution in [3.05, 3.63) is 30.4 Å². The first-order valence-electron chi connectivity index (χ1n) is 19.6. The van der Waals surface area contributed by atoms with Gasteiger partial charge in [-0.1, -0.05) is 6.92 Å². The highest BCUT2D eigenvalue weighted by Crippen LogP contribution is 2.27. The number of phenolic OH excluding ortho intramolecular Hbond substituents is 2. The predicted molar refractivity (Wildman–Crippen MR) is 216 cm³/mol. The smallest absolute Gasteiger partial charge is 0.319 e. The summed E-state index contributed by atoms with van der Waals surface area (Å²) in [7, 11) is 0. The van der Waals surface area contributed by atoms with Gasteiger partial charge >= 0.3 is 6.03 Å². The highest BCUT2D eigenvalue weighted by molar-refractivity contribution is 6.30. The second kappa shape index (κ2) is 32.3. The van der Waals surface area contributed by atoms with E-state index in [1.54, 1.807) is 6.21 Å². The first kappa shape index (κ1) is 49.4. The number of imide groups is 1. The van der Waals surface area contributed by atoms with Gasteiger partial charge in [-0.15, -0.1) is 0 Å². The number of unbranched alkanes of at least 4 members (excludes halogenated alkanes) is 1. The molecule has 1 aromatic rings. The van der Waals surface area contributed by atoms with Gasteiger partial charge in [0.1, 0.15) is 0 Å². The highest BCUT2D eigenvalue weighted by Gasteiger charge is 2.22. The van der Waals surface area contributed by atoms with Gasteiger partial charge in [-0.3, -0.25) is 29.2 Å². The van der Waals surface area contributed by atoms with Crippen LogP contribution in [0.5, 0.6) is 11.5 Å². The maximum absolute atomic E-state index is 12.0. The molecule has 0 saturated heterocycles. The molecule has 5 amide bonds. The summed E-state index contributed by atoms with van der Waals surface area (Å²) in [4.78, 5) is 54.4. The lowest BCUT2D eigenvalue weighted by atomic mass is 10.2. The number of likely N-dealkylation sites (N-methyl/N-ethyl adjacent to an activating group) is 1. The first-order valence-corrected chi connectivity index (χ1v) is 19.6. The lowest BCUT2D eigenvalue weighted by molar-refractivity contribution is -0.137. The Labute approximate surface area is 340 Å². The topological polar surface area (TPSA) is 257 Å². The minimum atomic E-state index is -0.417. The fourth-order valence-electron chi connectivity index (χ4n) is 4.97. The van der Waals surface area contributed by atoms with Crippen LogP contribution in [-0.4, -0.2) is 181 Å². The van der Waals surface area contributed by atoms with E-state index in [2.05, 4.69) is 37.9 Å². The number of hydrogen-bond acceptors (Lipinski definition) is 16. The molecule has 20 nitrogen and oxygen atoms in total. The van der Waals surface area contributed by atoms with Crippen LogP contribution in [0.4, 0.5) is 10.5 Å². The third-order valence-corrected chi connectivity index (χ3v) is 8.22. The van der Waals surface area contributed by atoms with Crippen molar-refractivity contribution in [2.45, 2.75) is 32.6 Å². The molecule has 58 heavy (non-hydrogen) atoms. The van der Waals surface area contributed by atoms with Gasteiger partial charge in [0.05, 0.1) is 91.5 Å². The zero-order chi connectivity index (χ0) is 42.1. The Morgan fingerprint density at radius 3 is 1.93 bits per heavy atom. The Morgan fingerprint density at radius 2 is 1.34 bits per heavy atom. The summed E-state index contributed by atoms with van der Waals surface area (Å²) in [5.74, 6) is 3.94. The second-order valence-electron chi connectivity index (χ2n) is 12.6. The number of hydrogen-bond donors (Lipinski definition) is 6. The Kier molecular flexibility index (Phi) is 27.5. The molecule has 0 aromatic heterocycles. The molecule has 0 spiro atoms. The molecule has 20 heteroatoms.